The van der Waals surface area contributed by atoms with Crippen molar-refractivity contribution in [3.05, 3.63) is 72.4 Å². The first-order chi connectivity index (χ1) is 19.7. The number of nitrogens with zero attached hydrogens (tertiary/aromatic N) is 3. The predicted octanol–water partition coefficient (Wildman–Crippen LogP) is 2.24. The van der Waals surface area contributed by atoms with Crippen LogP contribution in [-0.2, 0) is 19.7 Å². The molecule has 3 aliphatic heterocycles. The minimum Gasteiger partial charge on any atom is -0.354 e. The van der Waals surface area contributed by atoms with Crippen molar-refractivity contribution in [3.8, 4) is 0 Å². The molecule has 2 saturated heterocycles. The number of rotatable bonds is 7. The number of hydrogen-bond acceptors (Lipinski definition) is 12. The Bertz CT molecular complexity index is 1540. The van der Waals surface area contributed by atoms with E-state index in [4.69, 9.17) is 0 Å². The van der Waals surface area contributed by atoms with E-state index in [1.165, 1.54) is 78.1 Å². The van der Waals surface area contributed by atoms with Gasteiger partial charge in [-0.05, 0) is 36.8 Å². The SMILES string of the molecule is CSC1(SC)NN2C(=NC(C(F)(F)F)=CC2(O)N2CCNCC2)C1(S(=O)(=O)c1ccccc1)S(=O)(=O)c1ccccc1. The molecule has 0 spiro atoms. The summed E-state index contributed by atoms with van der Waals surface area (Å²) in [6.45, 7) is 0.756. The Balaban J connectivity index is 1.96. The van der Waals surface area contributed by atoms with Gasteiger partial charge in [0.25, 0.3) is 4.08 Å². The molecule has 0 radical (unpaired) electrons. The number of nitrogens with one attached hydrogen (secondary N) is 2. The van der Waals surface area contributed by atoms with Crippen LogP contribution in [0.4, 0.5) is 13.2 Å². The quantitative estimate of drug-likeness (QED) is 0.377. The van der Waals surface area contributed by atoms with Gasteiger partial charge in [-0.2, -0.15) is 13.2 Å². The van der Waals surface area contributed by atoms with Crippen molar-refractivity contribution in [2.75, 3.05) is 38.7 Å². The third kappa shape index (κ3) is 4.35. The Morgan fingerprint density at radius 3 is 1.79 bits per heavy atom. The van der Waals surface area contributed by atoms with Gasteiger partial charge in [-0.3, -0.25) is 4.90 Å². The number of piperazine rings is 1. The van der Waals surface area contributed by atoms with Gasteiger partial charge in [0, 0.05) is 32.3 Å². The van der Waals surface area contributed by atoms with Gasteiger partial charge in [0.15, 0.2) is 10.0 Å². The lowest BCUT2D eigenvalue weighted by atomic mass is 10.1. The van der Waals surface area contributed by atoms with Crippen molar-refractivity contribution in [1.29, 1.82) is 0 Å². The molecule has 10 nitrogen and oxygen atoms in total. The van der Waals surface area contributed by atoms with Crippen LogP contribution in [0.5, 0.6) is 0 Å². The van der Waals surface area contributed by atoms with Crippen molar-refractivity contribution >= 4 is 49.0 Å². The van der Waals surface area contributed by atoms with Crippen LogP contribution in [0.1, 0.15) is 0 Å². The summed E-state index contributed by atoms with van der Waals surface area (Å²) >= 11 is 1.55. The van der Waals surface area contributed by atoms with Gasteiger partial charge >= 0.3 is 6.18 Å². The fraction of sp³-hybridized carbons (Fsp3) is 0.400. The number of amidine groups is 1. The zero-order valence-electron chi connectivity index (χ0n) is 22.4. The van der Waals surface area contributed by atoms with Crippen LogP contribution in [0.3, 0.4) is 0 Å². The summed E-state index contributed by atoms with van der Waals surface area (Å²) in [5, 5.41) is 16.0. The van der Waals surface area contributed by atoms with E-state index in [-0.39, 0.29) is 13.1 Å². The Morgan fingerprint density at radius 2 is 1.36 bits per heavy atom. The molecular weight excluding hydrogens is 636 g/mol. The van der Waals surface area contributed by atoms with Crippen molar-refractivity contribution in [2.45, 2.75) is 30.1 Å². The molecule has 1 unspecified atom stereocenters. The zero-order valence-corrected chi connectivity index (χ0v) is 25.6. The lowest BCUT2D eigenvalue weighted by molar-refractivity contribution is -0.176. The van der Waals surface area contributed by atoms with E-state index in [2.05, 4.69) is 15.7 Å². The van der Waals surface area contributed by atoms with Crippen LogP contribution in [0, 0.1) is 0 Å². The molecule has 0 aromatic heterocycles. The first-order valence-electron chi connectivity index (χ1n) is 12.6. The molecule has 0 aliphatic carbocycles. The molecule has 0 amide bonds. The van der Waals surface area contributed by atoms with Crippen molar-refractivity contribution in [3.63, 3.8) is 0 Å². The highest BCUT2D eigenvalue weighted by Gasteiger charge is 2.80. The summed E-state index contributed by atoms with van der Waals surface area (Å²) in [6, 6.07) is 13.3. The standard InChI is InChI=1S/C25H28F3N5O5S4/c1-39-25(40-2)23(41(35,36)18-9-5-3-6-10-18,42(37,38)19-11-7-4-8-12-19)21-30-20(24(26,27)28)17-22(34,33(21)31-25)32-15-13-29-14-16-32/h3-12,17,29,31,34H,13-16H2,1-2H3. The second-order valence-corrected chi connectivity index (χ2v) is 16.3. The van der Waals surface area contributed by atoms with Gasteiger partial charge in [0.2, 0.25) is 25.5 Å². The maximum Gasteiger partial charge on any atom is 0.433 e. The van der Waals surface area contributed by atoms with Gasteiger partial charge < -0.3 is 10.4 Å². The van der Waals surface area contributed by atoms with Crippen LogP contribution in [0.25, 0.3) is 0 Å². The highest BCUT2D eigenvalue weighted by molar-refractivity contribution is 8.22. The molecule has 0 saturated carbocycles. The maximum absolute atomic E-state index is 14.9. The summed E-state index contributed by atoms with van der Waals surface area (Å²) in [7, 11) is -10.3. The van der Waals surface area contributed by atoms with Gasteiger partial charge in [0.05, 0.1) is 9.79 Å². The summed E-state index contributed by atoms with van der Waals surface area (Å²) in [6.07, 6.45) is -1.79. The third-order valence-corrected chi connectivity index (χ3v) is 16.5. The molecule has 2 aromatic rings. The van der Waals surface area contributed by atoms with Gasteiger partial charge in [-0.15, -0.1) is 23.5 Å². The van der Waals surface area contributed by atoms with Crippen molar-refractivity contribution < 1.29 is 35.1 Å². The number of fused-ring (bicyclic) bond motifs is 1. The van der Waals surface area contributed by atoms with E-state index < -0.39 is 61.3 Å². The number of benzene rings is 2. The van der Waals surface area contributed by atoms with Gasteiger partial charge in [-0.1, -0.05) is 36.4 Å². The molecule has 0 bridgehead atoms. The lowest BCUT2D eigenvalue weighted by Crippen LogP contribution is -2.69. The number of allylic oxidation sites excluding steroid dienone is 1. The average molecular weight is 664 g/mol. The molecule has 228 valence electrons. The number of aliphatic imine (C=N–C) groups is 1. The molecule has 42 heavy (non-hydrogen) atoms. The third-order valence-electron chi connectivity index (χ3n) is 7.40. The zero-order chi connectivity index (χ0) is 30.6. The Morgan fingerprint density at radius 1 is 0.881 bits per heavy atom. The van der Waals surface area contributed by atoms with Crippen LogP contribution in [0.2, 0.25) is 0 Å². The molecular formula is C25H28F3N5O5S4. The fourth-order valence-corrected chi connectivity index (χ4v) is 14.5. The number of hydrogen-bond donors (Lipinski definition) is 3. The normalized spacial score (nSPS) is 24.6. The van der Waals surface area contributed by atoms with Crippen molar-refractivity contribution in [1.82, 2.24) is 20.7 Å². The fourth-order valence-electron chi connectivity index (χ4n) is 5.41. The summed E-state index contributed by atoms with van der Waals surface area (Å²) in [5.74, 6) is -3.64. The second kappa shape index (κ2) is 10.8. The van der Waals surface area contributed by atoms with E-state index in [0.29, 0.717) is 19.2 Å². The Labute approximate surface area is 250 Å². The highest BCUT2D eigenvalue weighted by Crippen LogP contribution is 2.59. The number of aliphatic hydroxyl groups is 1. The molecule has 17 heteroatoms. The van der Waals surface area contributed by atoms with E-state index in [1.807, 2.05) is 0 Å². The minimum atomic E-state index is -5.16. The number of hydrazine groups is 1. The van der Waals surface area contributed by atoms with Crippen LogP contribution < -0.4 is 10.7 Å². The highest BCUT2D eigenvalue weighted by atomic mass is 32.3. The Kier molecular flexibility index (Phi) is 8.05. The molecule has 5 rings (SSSR count). The van der Waals surface area contributed by atoms with Gasteiger partial charge in [0.1, 0.15) is 5.70 Å². The van der Waals surface area contributed by atoms with Crippen molar-refractivity contribution in [2.24, 2.45) is 4.99 Å². The predicted molar refractivity (Wildman–Crippen MR) is 156 cm³/mol. The lowest BCUT2D eigenvalue weighted by Gasteiger charge is -2.47. The molecule has 3 N–H and O–H groups in total. The van der Waals surface area contributed by atoms with Gasteiger partial charge in [-0.25, -0.2) is 32.3 Å². The number of sulfone groups is 2. The number of alkyl halides is 3. The first-order valence-corrected chi connectivity index (χ1v) is 18.0. The average Bonchev–Trinajstić information content (AvgIpc) is 3.31. The molecule has 3 aliphatic rings. The first kappa shape index (κ1) is 31.3. The molecule has 2 fully saturated rings. The smallest absolute Gasteiger partial charge is 0.354 e. The molecule has 3 heterocycles. The summed E-state index contributed by atoms with van der Waals surface area (Å²) in [5.41, 5.74) is 1.23. The monoisotopic (exact) mass is 663 g/mol. The number of thioether (sulfide) groups is 2. The van der Waals surface area contributed by atoms with E-state index in [9.17, 15) is 35.1 Å². The van der Waals surface area contributed by atoms with E-state index >= 15 is 0 Å². The summed E-state index contributed by atoms with van der Waals surface area (Å²) in [4.78, 5) is 4.18. The van der Waals surface area contributed by atoms with Crippen LogP contribution in [-0.4, -0.2) is 96.7 Å². The molecule has 1 atom stereocenters. The van der Waals surface area contributed by atoms with E-state index in [0.717, 1.165) is 28.5 Å². The topological polar surface area (TPSA) is 131 Å². The van der Waals surface area contributed by atoms with E-state index in [1.54, 1.807) is 0 Å². The second-order valence-electron chi connectivity index (χ2n) is 9.61. The molecule has 2 aromatic carbocycles. The number of halogens is 3. The largest absolute Gasteiger partial charge is 0.433 e. The summed E-state index contributed by atoms with van der Waals surface area (Å²) < 4.78 is 97.9. The van der Waals surface area contributed by atoms with Crippen LogP contribution >= 0.6 is 23.5 Å². The van der Waals surface area contributed by atoms with Crippen LogP contribution in [0.15, 0.2) is 87.2 Å². The Hall–Kier alpha value is -2.12. The maximum atomic E-state index is 14.9. The minimum absolute atomic E-state index is 0.0685.